The second-order valence-electron chi connectivity index (χ2n) is 6.47. The largest absolute Gasteiger partial charge is 0.506 e. The number of rotatable bonds is 3. The smallest absolute Gasteiger partial charge is 0.215 e. The fourth-order valence-electron chi connectivity index (χ4n) is 3.53. The standard InChI is InChI=1S/C18H24N2O2/c1-12-6-4-5-9-20(12)11-16-13(2)19-17-8-7-14(22-3)10-15(17)18(16)21/h7-8,10,12H,4-6,9,11H2,1-3H3,(H,19,21)/p+2. The predicted molar refractivity (Wildman–Crippen MR) is 86.3 cm³/mol. The van der Waals surface area contributed by atoms with E-state index in [4.69, 9.17) is 4.74 Å². The van der Waals surface area contributed by atoms with Crippen molar-refractivity contribution in [2.45, 2.75) is 45.7 Å². The zero-order valence-corrected chi connectivity index (χ0v) is 13.7. The van der Waals surface area contributed by atoms with Crippen LogP contribution in [0.25, 0.3) is 10.9 Å². The van der Waals surface area contributed by atoms with Gasteiger partial charge in [0, 0.05) is 13.0 Å². The maximum Gasteiger partial charge on any atom is 0.215 e. The van der Waals surface area contributed by atoms with Crippen LogP contribution in [0.4, 0.5) is 0 Å². The number of ether oxygens (including phenoxy) is 1. The lowest BCUT2D eigenvalue weighted by molar-refractivity contribution is -0.942. The third-order valence-corrected chi connectivity index (χ3v) is 5.03. The van der Waals surface area contributed by atoms with E-state index in [1.807, 2.05) is 25.1 Å². The molecule has 3 N–H and O–H groups in total. The van der Waals surface area contributed by atoms with Crippen LogP contribution in [-0.4, -0.2) is 24.8 Å². The topological polar surface area (TPSA) is 48.0 Å². The Morgan fingerprint density at radius 2 is 2.18 bits per heavy atom. The summed E-state index contributed by atoms with van der Waals surface area (Å²) < 4.78 is 5.28. The lowest BCUT2D eigenvalue weighted by Crippen LogP contribution is -3.15. The summed E-state index contributed by atoms with van der Waals surface area (Å²) in [5.74, 6) is 1.17. The lowest BCUT2D eigenvalue weighted by atomic mass is 10.0. The molecule has 118 valence electrons. The van der Waals surface area contributed by atoms with Crippen LogP contribution in [0.15, 0.2) is 18.2 Å². The van der Waals surface area contributed by atoms with Crippen molar-refractivity contribution in [2.24, 2.45) is 0 Å². The summed E-state index contributed by atoms with van der Waals surface area (Å²) in [6.45, 7) is 6.43. The van der Waals surface area contributed by atoms with Crippen LogP contribution < -0.4 is 14.6 Å². The van der Waals surface area contributed by atoms with Crippen LogP contribution in [0, 0.1) is 6.92 Å². The van der Waals surface area contributed by atoms with Crippen LogP contribution in [0.3, 0.4) is 0 Å². The van der Waals surface area contributed by atoms with Crippen LogP contribution >= 0.6 is 0 Å². The molecule has 1 aromatic carbocycles. The molecule has 1 saturated heterocycles. The van der Waals surface area contributed by atoms with E-state index in [9.17, 15) is 5.11 Å². The molecular weight excluding hydrogens is 276 g/mol. The van der Waals surface area contributed by atoms with Gasteiger partial charge in [0.05, 0.1) is 25.1 Å². The first-order valence-electron chi connectivity index (χ1n) is 8.16. The fraction of sp³-hybridized carbons (Fsp3) is 0.500. The Morgan fingerprint density at radius 3 is 2.91 bits per heavy atom. The Kier molecular flexibility index (Phi) is 4.21. The fourth-order valence-corrected chi connectivity index (χ4v) is 3.53. The second kappa shape index (κ2) is 6.13. The molecule has 4 heteroatoms. The Labute approximate surface area is 131 Å². The number of hydrogen-bond acceptors (Lipinski definition) is 2. The predicted octanol–water partition coefficient (Wildman–Crippen LogP) is 1.63. The molecule has 4 nitrogen and oxygen atoms in total. The van der Waals surface area contributed by atoms with E-state index in [-0.39, 0.29) is 0 Å². The molecule has 2 unspecified atom stereocenters. The van der Waals surface area contributed by atoms with Gasteiger partial charge in [0.25, 0.3) is 0 Å². The van der Waals surface area contributed by atoms with E-state index in [0.717, 1.165) is 34.5 Å². The molecule has 0 radical (unpaired) electrons. The molecule has 0 aliphatic carbocycles. The highest BCUT2D eigenvalue weighted by molar-refractivity contribution is 5.84. The van der Waals surface area contributed by atoms with Gasteiger partial charge in [-0.2, -0.15) is 0 Å². The molecule has 2 aromatic rings. The van der Waals surface area contributed by atoms with Gasteiger partial charge in [-0.3, -0.25) is 0 Å². The third kappa shape index (κ3) is 2.75. The van der Waals surface area contributed by atoms with Gasteiger partial charge in [-0.15, -0.1) is 0 Å². The minimum absolute atomic E-state index is 0.399. The molecule has 22 heavy (non-hydrogen) atoms. The number of aryl methyl sites for hydroxylation is 1. The van der Waals surface area contributed by atoms with Crippen LogP contribution in [-0.2, 0) is 6.54 Å². The Bertz CT molecular complexity index is 684. The number of piperidine rings is 1. The lowest BCUT2D eigenvalue weighted by Gasteiger charge is -2.30. The van der Waals surface area contributed by atoms with Crippen molar-refractivity contribution in [1.29, 1.82) is 0 Å². The molecule has 0 saturated carbocycles. The highest BCUT2D eigenvalue weighted by Crippen LogP contribution is 2.30. The summed E-state index contributed by atoms with van der Waals surface area (Å²) in [6.07, 6.45) is 3.89. The van der Waals surface area contributed by atoms with Crippen LogP contribution in [0.2, 0.25) is 0 Å². The monoisotopic (exact) mass is 302 g/mol. The number of fused-ring (bicyclic) bond motifs is 1. The van der Waals surface area contributed by atoms with Crippen molar-refractivity contribution in [3.05, 3.63) is 29.5 Å². The molecular formula is C18H26N2O2+2. The van der Waals surface area contributed by atoms with Gasteiger partial charge in [0.15, 0.2) is 5.69 Å². The average Bonchev–Trinajstić information content (AvgIpc) is 2.53. The van der Waals surface area contributed by atoms with Gasteiger partial charge < -0.3 is 14.7 Å². The maximum atomic E-state index is 10.8. The van der Waals surface area contributed by atoms with Gasteiger partial charge in [0.1, 0.15) is 23.6 Å². The molecule has 2 atom stereocenters. The summed E-state index contributed by atoms with van der Waals surface area (Å²) in [6, 6.07) is 6.43. The van der Waals surface area contributed by atoms with E-state index in [1.54, 1.807) is 12.0 Å². The van der Waals surface area contributed by atoms with Crippen molar-refractivity contribution in [2.75, 3.05) is 13.7 Å². The van der Waals surface area contributed by atoms with Gasteiger partial charge in [-0.05, 0) is 38.3 Å². The van der Waals surface area contributed by atoms with Crippen molar-refractivity contribution < 1.29 is 19.7 Å². The Hall–Kier alpha value is -1.81. The van der Waals surface area contributed by atoms with Gasteiger partial charge in [-0.25, -0.2) is 4.98 Å². The number of likely N-dealkylation sites (tertiary alicyclic amines) is 1. The summed E-state index contributed by atoms with van der Waals surface area (Å²) >= 11 is 0. The number of benzene rings is 1. The van der Waals surface area contributed by atoms with Gasteiger partial charge >= 0.3 is 0 Å². The molecule has 1 fully saturated rings. The second-order valence-corrected chi connectivity index (χ2v) is 6.47. The average molecular weight is 302 g/mol. The van der Waals surface area contributed by atoms with E-state index < -0.39 is 0 Å². The normalized spacial score (nSPS) is 22.0. The quantitative estimate of drug-likeness (QED) is 0.905. The molecule has 0 bridgehead atoms. The molecule has 3 rings (SSSR count). The van der Waals surface area contributed by atoms with E-state index in [0.29, 0.717) is 11.8 Å². The summed E-state index contributed by atoms with van der Waals surface area (Å²) in [4.78, 5) is 5.00. The van der Waals surface area contributed by atoms with E-state index in [1.165, 1.54) is 25.8 Å². The maximum absolute atomic E-state index is 10.8. The van der Waals surface area contributed by atoms with Gasteiger partial charge in [0.2, 0.25) is 5.52 Å². The number of H-pyrrole nitrogens is 1. The van der Waals surface area contributed by atoms with E-state index in [2.05, 4.69) is 11.9 Å². The first-order valence-corrected chi connectivity index (χ1v) is 8.16. The zero-order chi connectivity index (χ0) is 15.7. The minimum atomic E-state index is 0.399. The van der Waals surface area contributed by atoms with Gasteiger partial charge in [-0.1, -0.05) is 0 Å². The first-order chi connectivity index (χ1) is 10.6. The molecule has 1 aromatic heterocycles. The number of aromatic amines is 1. The number of hydrogen-bond donors (Lipinski definition) is 2. The van der Waals surface area contributed by atoms with E-state index >= 15 is 0 Å². The van der Waals surface area contributed by atoms with Crippen molar-refractivity contribution >= 4 is 10.9 Å². The zero-order valence-electron chi connectivity index (χ0n) is 13.7. The molecule has 1 aliphatic rings. The molecule has 0 amide bonds. The summed E-state index contributed by atoms with van der Waals surface area (Å²) in [7, 11) is 1.65. The highest BCUT2D eigenvalue weighted by Gasteiger charge is 2.27. The van der Waals surface area contributed by atoms with Crippen molar-refractivity contribution in [3.63, 3.8) is 0 Å². The SMILES string of the molecule is COc1ccc2[nH+]c(C)c(C[NH+]3CCCCC3C)c(O)c2c1. The summed E-state index contributed by atoms with van der Waals surface area (Å²) in [5, 5.41) is 11.6. The van der Waals surface area contributed by atoms with Crippen LogP contribution in [0.1, 0.15) is 37.4 Å². The number of nitrogens with one attached hydrogen (secondary N) is 2. The first kappa shape index (κ1) is 15.1. The number of quaternary nitrogens is 1. The Balaban J connectivity index is 2.01. The summed E-state index contributed by atoms with van der Waals surface area (Å²) in [5.41, 5.74) is 3.03. The minimum Gasteiger partial charge on any atom is -0.506 e. The highest BCUT2D eigenvalue weighted by atomic mass is 16.5. The molecule has 0 spiro atoms. The molecule has 1 aliphatic heterocycles. The third-order valence-electron chi connectivity index (χ3n) is 5.03. The van der Waals surface area contributed by atoms with Crippen molar-refractivity contribution in [3.8, 4) is 11.5 Å². The number of aromatic hydroxyl groups is 1. The Morgan fingerprint density at radius 1 is 1.36 bits per heavy atom. The number of pyridine rings is 1. The van der Waals surface area contributed by atoms with Crippen LogP contribution in [0.5, 0.6) is 11.5 Å². The molecule has 2 heterocycles. The van der Waals surface area contributed by atoms with Crippen molar-refractivity contribution in [1.82, 2.24) is 0 Å². The number of methoxy groups -OCH3 is 1. The number of aromatic nitrogens is 1.